The Bertz CT molecular complexity index is 1920. The predicted octanol–water partition coefficient (Wildman–Crippen LogP) is 5.02. The Hall–Kier alpha value is -5.25. The number of methoxy groups -OCH3 is 1. The fraction of sp³-hybridized carbons (Fsp3) is 0.161. The largest absolute Gasteiger partial charge is 0.504 e. The van der Waals surface area contributed by atoms with Gasteiger partial charge in [0, 0.05) is 24.6 Å². The number of carbonyl (C=O) groups is 1. The monoisotopic (exact) mass is 599 g/mol. The van der Waals surface area contributed by atoms with Crippen molar-refractivity contribution >= 4 is 44.2 Å². The highest BCUT2D eigenvalue weighted by Crippen LogP contribution is 2.45. The van der Waals surface area contributed by atoms with E-state index in [0.717, 1.165) is 0 Å². The van der Waals surface area contributed by atoms with E-state index >= 15 is 0 Å². The van der Waals surface area contributed by atoms with Gasteiger partial charge in [-0.25, -0.2) is 0 Å². The van der Waals surface area contributed by atoms with Gasteiger partial charge in [0.25, 0.3) is 21.7 Å². The lowest BCUT2D eigenvalue weighted by Gasteiger charge is -2.16. The molecule has 43 heavy (non-hydrogen) atoms. The third-order valence-electron chi connectivity index (χ3n) is 7.09. The normalized spacial score (nSPS) is 14.5. The first kappa shape index (κ1) is 29.2. The Morgan fingerprint density at radius 2 is 1.91 bits per heavy atom. The Kier molecular flexibility index (Phi) is 8.11. The van der Waals surface area contributed by atoms with Crippen LogP contribution in [0.3, 0.4) is 0 Å². The molecule has 5 rings (SSSR count). The standard InChI is InChI=1S/C31H25N3O8S/c1-41-29-11-8-20(14-28(29)35)9-12-30(36)33-17-23(18-42-43(39,40)19-21-5-3-2-4-6-21)31-24-10-7-22(16-32)13-25(24)26(34(37)38)15-27(31)33/h2-15,23,35H,17-19H2,1H3/b12-9+. The van der Waals surface area contributed by atoms with Gasteiger partial charge in [-0.3, -0.25) is 19.1 Å². The molecule has 0 aliphatic carbocycles. The highest BCUT2D eigenvalue weighted by atomic mass is 32.2. The van der Waals surface area contributed by atoms with Crippen molar-refractivity contribution in [3.63, 3.8) is 0 Å². The van der Waals surface area contributed by atoms with Crippen molar-refractivity contribution in [2.75, 3.05) is 25.2 Å². The lowest BCUT2D eigenvalue weighted by Crippen LogP contribution is -2.29. The molecule has 0 bridgehead atoms. The molecule has 0 spiro atoms. The first-order valence-corrected chi connectivity index (χ1v) is 14.6. The quantitative estimate of drug-likeness (QED) is 0.120. The van der Waals surface area contributed by atoms with Crippen LogP contribution in [0.5, 0.6) is 11.5 Å². The molecule has 0 saturated carbocycles. The van der Waals surface area contributed by atoms with Crippen LogP contribution >= 0.6 is 0 Å². The SMILES string of the molecule is COc1ccc(/C=C/C(=O)N2CC(COS(=O)(=O)Cc3ccccc3)c3c2cc([N+](=O)[O-])c2cc(C#N)ccc32)cc1O. The van der Waals surface area contributed by atoms with Gasteiger partial charge >= 0.3 is 0 Å². The molecule has 12 heteroatoms. The molecule has 0 radical (unpaired) electrons. The smallest absolute Gasteiger partial charge is 0.279 e. The molecule has 0 saturated heterocycles. The second-order valence-corrected chi connectivity index (χ2v) is 11.5. The molecule has 1 aliphatic rings. The summed E-state index contributed by atoms with van der Waals surface area (Å²) in [5.41, 5.74) is 1.71. The first-order chi connectivity index (χ1) is 20.6. The predicted molar refractivity (Wildman–Crippen MR) is 159 cm³/mol. The van der Waals surface area contributed by atoms with Gasteiger partial charge in [0.2, 0.25) is 0 Å². The number of phenols is 1. The van der Waals surface area contributed by atoms with Gasteiger partial charge in [0.15, 0.2) is 11.5 Å². The summed E-state index contributed by atoms with van der Waals surface area (Å²) >= 11 is 0. The molecule has 0 aromatic heterocycles. The van der Waals surface area contributed by atoms with E-state index in [1.54, 1.807) is 48.5 Å². The average Bonchev–Trinajstić information content (AvgIpc) is 3.37. The Labute approximate surface area is 247 Å². The van der Waals surface area contributed by atoms with Gasteiger partial charge in [-0.1, -0.05) is 42.5 Å². The van der Waals surface area contributed by atoms with Crippen LogP contribution < -0.4 is 9.64 Å². The van der Waals surface area contributed by atoms with Crippen LogP contribution in [0.2, 0.25) is 0 Å². The number of phenolic OH excluding ortho intramolecular Hbond substituents is 1. The first-order valence-electron chi connectivity index (χ1n) is 13.0. The fourth-order valence-electron chi connectivity index (χ4n) is 5.12. The van der Waals surface area contributed by atoms with Gasteiger partial charge in [0.1, 0.15) is 5.75 Å². The number of nitrogens with zero attached hydrogens (tertiary/aromatic N) is 3. The van der Waals surface area contributed by atoms with Gasteiger partial charge < -0.3 is 14.7 Å². The molecule has 1 amide bonds. The molecule has 1 unspecified atom stereocenters. The van der Waals surface area contributed by atoms with E-state index in [1.807, 2.05) is 6.07 Å². The minimum atomic E-state index is -4.01. The summed E-state index contributed by atoms with van der Waals surface area (Å²) in [6.07, 6.45) is 2.74. The maximum Gasteiger partial charge on any atom is 0.279 e. The maximum absolute atomic E-state index is 13.5. The van der Waals surface area contributed by atoms with Gasteiger partial charge in [-0.15, -0.1) is 0 Å². The number of hydrogen-bond acceptors (Lipinski definition) is 9. The molecular formula is C31H25N3O8S. The molecule has 0 fully saturated rings. The molecule has 218 valence electrons. The lowest BCUT2D eigenvalue weighted by atomic mass is 9.93. The third-order valence-corrected chi connectivity index (χ3v) is 8.27. The minimum absolute atomic E-state index is 0.0104. The third kappa shape index (κ3) is 6.18. The van der Waals surface area contributed by atoms with Crippen molar-refractivity contribution in [1.82, 2.24) is 0 Å². The number of nitro benzene ring substituents is 1. The number of rotatable bonds is 9. The number of ether oxygens (including phenoxy) is 1. The molecule has 1 atom stereocenters. The second-order valence-electron chi connectivity index (χ2n) is 9.84. The molecule has 4 aromatic rings. The van der Waals surface area contributed by atoms with E-state index in [0.29, 0.717) is 22.1 Å². The highest BCUT2D eigenvalue weighted by molar-refractivity contribution is 7.85. The Balaban J connectivity index is 1.52. The van der Waals surface area contributed by atoms with Gasteiger partial charge in [-0.05, 0) is 52.4 Å². The summed E-state index contributed by atoms with van der Waals surface area (Å²) < 4.78 is 36.1. The van der Waals surface area contributed by atoms with Crippen molar-refractivity contribution in [1.29, 1.82) is 5.26 Å². The number of carbonyl (C=O) groups excluding carboxylic acids is 1. The van der Waals surface area contributed by atoms with Gasteiger partial charge in [-0.2, -0.15) is 13.7 Å². The minimum Gasteiger partial charge on any atom is -0.504 e. The summed E-state index contributed by atoms with van der Waals surface area (Å²) in [5, 5.41) is 32.1. The van der Waals surface area contributed by atoms with Crippen LogP contribution in [0.25, 0.3) is 16.8 Å². The fourth-order valence-corrected chi connectivity index (χ4v) is 6.17. The zero-order valence-corrected chi connectivity index (χ0v) is 23.7. The molecule has 11 nitrogen and oxygen atoms in total. The summed E-state index contributed by atoms with van der Waals surface area (Å²) in [5.74, 6) is -1.37. The molecule has 1 aliphatic heterocycles. The second kappa shape index (κ2) is 11.9. The molecule has 1 N–H and O–H groups in total. The highest BCUT2D eigenvalue weighted by Gasteiger charge is 2.37. The number of hydrogen-bond donors (Lipinski definition) is 1. The van der Waals surface area contributed by atoms with E-state index in [9.17, 15) is 33.7 Å². The number of amides is 1. The van der Waals surface area contributed by atoms with Crippen LogP contribution in [0.4, 0.5) is 11.4 Å². The summed E-state index contributed by atoms with van der Waals surface area (Å²) in [6, 6.07) is 20.9. The molecular weight excluding hydrogens is 574 g/mol. The Morgan fingerprint density at radius 1 is 1.14 bits per heavy atom. The number of aromatic hydroxyl groups is 1. The number of non-ortho nitro benzene ring substituents is 1. The number of nitro groups is 1. The lowest BCUT2D eigenvalue weighted by molar-refractivity contribution is -0.383. The van der Waals surface area contributed by atoms with Crippen LogP contribution in [-0.4, -0.2) is 44.6 Å². The maximum atomic E-state index is 13.5. The number of benzene rings is 4. The van der Waals surface area contributed by atoms with E-state index in [2.05, 4.69) is 0 Å². The van der Waals surface area contributed by atoms with Crippen LogP contribution in [0.15, 0.2) is 78.9 Å². The van der Waals surface area contributed by atoms with Crippen molar-refractivity contribution in [3.05, 3.63) is 111 Å². The van der Waals surface area contributed by atoms with Crippen LogP contribution in [0.1, 0.15) is 28.2 Å². The topological polar surface area (TPSA) is 160 Å². The van der Waals surface area contributed by atoms with E-state index in [-0.39, 0.29) is 52.7 Å². The molecule has 1 heterocycles. The Morgan fingerprint density at radius 3 is 2.58 bits per heavy atom. The van der Waals surface area contributed by atoms with E-state index < -0.39 is 26.9 Å². The van der Waals surface area contributed by atoms with Gasteiger partial charge in [0.05, 0.1) is 41.3 Å². The summed E-state index contributed by atoms with van der Waals surface area (Å²) in [7, 11) is -2.59. The zero-order valence-electron chi connectivity index (χ0n) is 22.8. The zero-order chi connectivity index (χ0) is 30.7. The average molecular weight is 600 g/mol. The van der Waals surface area contributed by atoms with Crippen molar-refractivity contribution < 1.29 is 32.2 Å². The van der Waals surface area contributed by atoms with Crippen LogP contribution in [-0.2, 0) is 24.8 Å². The van der Waals surface area contributed by atoms with Crippen LogP contribution in [0, 0.1) is 21.4 Å². The summed E-state index contributed by atoms with van der Waals surface area (Å²) in [4.78, 5) is 26.3. The van der Waals surface area contributed by atoms with Crippen molar-refractivity contribution in [2.45, 2.75) is 11.7 Å². The summed E-state index contributed by atoms with van der Waals surface area (Å²) in [6.45, 7) is -0.321. The van der Waals surface area contributed by atoms with Crippen molar-refractivity contribution in [2.24, 2.45) is 0 Å². The van der Waals surface area contributed by atoms with Crippen molar-refractivity contribution in [3.8, 4) is 17.6 Å². The van der Waals surface area contributed by atoms with E-state index in [1.165, 1.54) is 48.4 Å². The molecule has 4 aromatic carbocycles. The number of anilines is 1. The number of fused-ring (bicyclic) bond motifs is 3. The van der Waals surface area contributed by atoms with E-state index in [4.69, 9.17) is 8.92 Å². The number of nitriles is 1.